The Morgan fingerprint density at radius 3 is 1.12 bits per heavy atom. The Hall–Kier alpha value is -0.600. The first-order valence-corrected chi connectivity index (χ1v) is 4.47. The highest BCUT2D eigenvalue weighted by Gasteiger charge is 2.37. The molecule has 0 aromatic carbocycles. The summed E-state index contributed by atoms with van der Waals surface area (Å²) in [4.78, 5) is 0. The molecule has 1 nitrogen and oxygen atoms in total. The van der Waals surface area contributed by atoms with Crippen LogP contribution in [0.25, 0.3) is 0 Å². The highest BCUT2D eigenvalue weighted by atomic mass is 19.3. The second kappa shape index (κ2) is 7.67. The van der Waals surface area contributed by atoms with Crippen molar-refractivity contribution in [1.29, 1.82) is 0 Å². The quantitative estimate of drug-likeness (QED) is 0.618. The first-order valence-electron chi connectivity index (χ1n) is 4.47. The lowest BCUT2D eigenvalue weighted by molar-refractivity contribution is -0.143. The molecular weight excluding hydrogens is 264 g/mol. The third-order valence-corrected chi connectivity index (χ3v) is 1.85. The van der Waals surface area contributed by atoms with Crippen LogP contribution in [-0.4, -0.2) is 50.8 Å². The molecular formula is C8H10F8O. The van der Waals surface area contributed by atoms with E-state index in [0.717, 1.165) is 0 Å². The van der Waals surface area contributed by atoms with Crippen LogP contribution in [0.15, 0.2) is 0 Å². The largest absolute Gasteiger partial charge is 0.363 e. The van der Waals surface area contributed by atoms with Crippen molar-refractivity contribution in [3.63, 3.8) is 0 Å². The van der Waals surface area contributed by atoms with E-state index in [9.17, 15) is 35.1 Å². The molecule has 4 atom stereocenters. The van der Waals surface area contributed by atoms with Crippen LogP contribution in [0.2, 0.25) is 0 Å². The maximum atomic E-state index is 12.6. The summed E-state index contributed by atoms with van der Waals surface area (Å²) in [6.07, 6.45) is -18.5. The summed E-state index contributed by atoms with van der Waals surface area (Å²) in [6, 6.07) is 0. The smallest absolute Gasteiger partial charge is 0.272 e. The zero-order chi connectivity index (χ0) is 13.6. The number of rotatable bonds is 8. The van der Waals surface area contributed by atoms with Crippen LogP contribution in [0.5, 0.6) is 0 Å². The number of hydrogen-bond acceptors (Lipinski definition) is 1. The molecule has 0 saturated carbocycles. The highest BCUT2D eigenvalue weighted by Crippen LogP contribution is 2.20. The van der Waals surface area contributed by atoms with E-state index in [-0.39, 0.29) is 0 Å². The Morgan fingerprint density at radius 1 is 0.647 bits per heavy atom. The van der Waals surface area contributed by atoms with Crippen molar-refractivity contribution in [3.05, 3.63) is 0 Å². The summed E-state index contributed by atoms with van der Waals surface area (Å²) in [5, 5.41) is 0. The summed E-state index contributed by atoms with van der Waals surface area (Å²) >= 11 is 0. The molecule has 4 unspecified atom stereocenters. The normalized spacial score (nSPS) is 19.4. The van der Waals surface area contributed by atoms with Gasteiger partial charge >= 0.3 is 0 Å². The number of hydrogen-bond donors (Lipinski definition) is 0. The minimum Gasteiger partial charge on any atom is -0.363 e. The molecule has 0 radical (unpaired) electrons. The van der Waals surface area contributed by atoms with E-state index >= 15 is 0 Å². The molecule has 0 heterocycles. The SMILES string of the molecule is FCC(OC(CF)C(F)C(F)F)C(F)C(F)F. The molecule has 0 amide bonds. The second-order valence-electron chi connectivity index (χ2n) is 3.08. The Balaban J connectivity index is 4.51. The molecule has 0 spiro atoms. The third kappa shape index (κ3) is 5.05. The van der Waals surface area contributed by atoms with Gasteiger partial charge in [0.2, 0.25) is 0 Å². The fraction of sp³-hybridized carbons (Fsp3) is 1.00. The van der Waals surface area contributed by atoms with Crippen molar-refractivity contribution in [2.24, 2.45) is 0 Å². The van der Waals surface area contributed by atoms with Gasteiger partial charge in [0, 0.05) is 0 Å². The Labute approximate surface area is 91.7 Å². The van der Waals surface area contributed by atoms with Crippen LogP contribution < -0.4 is 0 Å². The maximum absolute atomic E-state index is 12.6. The maximum Gasteiger partial charge on any atom is 0.272 e. The van der Waals surface area contributed by atoms with E-state index in [1.165, 1.54) is 0 Å². The lowest BCUT2D eigenvalue weighted by Gasteiger charge is -2.25. The first kappa shape index (κ1) is 16.4. The highest BCUT2D eigenvalue weighted by molar-refractivity contribution is 4.78. The molecule has 0 aromatic rings. The summed E-state index contributed by atoms with van der Waals surface area (Å²) in [6.45, 7) is -3.62. The molecule has 17 heavy (non-hydrogen) atoms. The molecule has 0 aliphatic carbocycles. The minimum absolute atomic E-state index is 1.81. The van der Waals surface area contributed by atoms with Crippen LogP contribution in [0.1, 0.15) is 0 Å². The van der Waals surface area contributed by atoms with Crippen molar-refractivity contribution in [2.45, 2.75) is 37.4 Å². The van der Waals surface area contributed by atoms with Crippen molar-refractivity contribution in [3.8, 4) is 0 Å². The Bertz CT molecular complexity index is 182. The Morgan fingerprint density at radius 2 is 0.941 bits per heavy atom. The molecule has 0 aromatic heterocycles. The van der Waals surface area contributed by atoms with Gasteiger partial charge in [0.05, 0.1) is 0 Å². The van der Waals surface area contributed by atoms with Gasteiger partial charge in [-0.05, 0) is 0 Å². The minimum atomic E-state index is -3.64. The topological polar surface area (TPSA) is 9.23 Å². The van der Waals surface area contributed by atoms with Gasteiger partial charge in [-0.15, -0.1) is 0 Å². The summed E-state index contributed by atoms with van der Waals surface area (Å²) in [5.41, 5.74) is 0. The zero-order valence-electron chi connectivity index (χ0n) is 8.31. The van der Waals surface area contributed by atoms with Crippen LogP contribution in [0.3, 0.4) is 0 Å². The van der Waals surface area contributed by atoms with Crippen molar-refractivity contribution >= 4 is 0 Å². The van der Waals surface area contributed by atoms with E-state index in [1.807, 2.05) is 0 Å². The predicted octanol–water partition coefficient (Wildman–Crippen LogP) is 2.89. The third-order valence-electron chi connectivity index (χ3n) is 1.85. The summed E-state index contributed by atoms with van der Waals surface area (Å²) < 4.78 is 101. The van der Waals surface area contributed by atoms with Gasteiger partial charge in [-0.25, -0.2) is 35.1 Å². The fourth-order valence-corrected chi connectivity index (χ4v) is 0.942. The lowest BCUT2D eigenvalue weighted by atomic mass is 10.2. The molecule has 9 heteroatoms. The second-order valence-corrected chi connectivity index (χ2v) is 3.08. The zero-order valence-corrected chi connectivity index (χ0v) is 8.31. The molecule has 0 rings (SSSR count). The summed E-state index contributed by atoms with van der Waals surface area (Å²) in [5.74, 6) is 0. The van der Waals surface area contributed by atoms with Crippen LogP contribution in [0.4, 0.5) is 35.1 Å². The van der Waals surface area contributed by atoms with E-state index in [2.05, 4.69) is 4.74 Å². The molecule has 0 aliphatic heterocycles. The predicted molar refractivity (Wildman–Crippen MR) is 42.4 cm³/mol. The number of alkyl halides is 8. The van der Waals surface area contributed by atoms with Gasteiger partial charge in [-0.3, -0.25) is 0 Å². The standard InChI is InChI=1S/C8H10F8O/c9-1-3(5(11)7(13)14)17-4(2-10)6(12)8(15)16/h3-8H,1-2H2. The van der Waals surface area contributed by atoms with Crippen molar-refractivity contribution in [2.75, 3.05) is 13.3 Å². The Kier molecular flexibility index (Phi) is 7.40. The first-order chi connectivity index (χ1) is 7.84. The number of halogens is 8. The monoisotopic (exact) mass is 274 g/mol. The van der Waals surface area contributed by atoms with Crippen molar-refractivity contribution < 1.29 is 39.9 Å². The van der Waals surface area contributed by atoms with Crippen LogP contribution >= 0.6 is 0 Å². The van der Waals surface area contributed by atoms with Gasteiger partial charge < -0.3 is 4.74 Å². The van der Waals surface area contributed by atoms with Crippen LogP contribution in [-0.2, 0) is 4.74 Å². The molecule has 104 valence electrons. The number of ether oxygens (including phenoxy) is 1. The van der Waals surface area contributed by atoms with Crippen LogP contribution in [0, 0.1) is 0 Å². The molecule has 0 aliphatic rings. The van der Waals surface area contributed by atoms with E-state index in [4.69, 9.17) is 0 Å². The van der Waals surface area contributed by atoms with Gasteiger partial charge in [0.1, 0.15) is 25.6 Å². The van der Waals surface area contributed by atoms with Gasteiger partial charge in [-0.2, -0.15) is 0 Å². The fourth-order valence-electron chi connectivity index (χ4n) is 0.942. The van der Waals surface area contributed by atoms with E-state index in [0.29, 0.717) is 0 Å². The van der Waals surface area contributed by atoms with Gasteiger partial charge in [0.15, 0.2) is 12.3 Å². The molecule has 0 bridgehead atoms. The van der Waals surface area contributed by atoms with Gasteiger partial charge in [0.25, 0.3) is 12.9 Å². The molecule has 0 saturated heterocycles. The van der Waals surface area contributed by atoms with Gasteiger partial charge in [-0.1, -0.05) is 0 Å². The van der Waals surface area contributed by atoms with Crippen molar-refractivity contribution in [1.82, 2.24) is 0 Å². The van der Waals surface area contributed by atoms with E-state index < -0.39 is 50.8 Å². The lowest BCUT2D eigenvalue weighted by Crippen LogP contribution is -2.42. The van der Waals surface area contributed by atoms with E-state index in [1.54, 1.807) is 0 Å². The molecule has 0 fully saturated rings. The average Bonchev–Trinajstić information content (AvgIpc) is 2.28. The molecule has 0 N–H and O–H groups in total. The summed E-state index contributed by atoms with van der Waals surface area (Å²) in [7, 11) is 0. The average molecular weight is 274 g/mol.